The first kappa shape index (κ1) is 23.5. The van der Waals surface area contributed by atoms with Crippen LogP contribution < -0.4 is 5.32 Å². The summed E-state index contributed by atoms with van der Waals surface area (Å²) in [5.41, 5.74) is -3.73. The Balaban J connectivity index is 1.88. The highest BCUT2D eigenvalue weighted by Crippen LogP contribution is 2.38. The maximum Gasteiger partial charge on any atom is 0.416 e. The fourth-order valence-corrected chi connectivity index (χ4v) is 6.64. The highest BCUT2D eigenvalue weighted by atomic mass is 32.2. The van der Waals surface area contributed by atoms with E-state index in [4.69, 9.17) is 0 Å². The molecule has 1 amide bonds. The lowest BCUT2D eigenvalue weighted by Gasteiger charge is -2.16. The second-order valence-corrected chi connectivity index (χ2v) is 10.5. The first-order valence-electron chi connectivity index (χ1n) is 8.81. The van der Waals surface area contributed by atoms with Crippen LogP contribution >= 0.6 is 11.8 Å². The third-order valence-electron chi connectivity index (χ3n) is 4.46. The molecule has 2 aromatic rings. The maximum absolute atomic E-state index is 13.0. The number of thioether (sulfide) groups is 1. The lowest BCUT2D eigenvalue weighted by atomic mass is 10.1. The summed E-state index contributed by atoms with van der Waals surface area (Å²) in [7, 11) is -3.17. The van der Waals surface area contributed by atoms with E-state index < -0.39 is 44.9 Å². The lowest BCUT2D eigenvalue weighted by Crippen LogP contribution is -2.17. The maximum atomic E-state index is 13.0. The Morgan fingerprint density at radius 1 is 0.968 bits per heavy atom. The molecule has 3 rings (SSSR count). The summed E-state index contributed by atoms with van der Waals surface area (Å²) >= 11 is 1.13. The standard InChI is InChI=1S/C19H15F6NO3S2/c20-18(21,22)11-7-12(19(23,24)25)9-13(8-11)26-17(27)15-3-1-2-4-16(15)30-14-5-6-31(28,29)10-14/h1-4,7-9,14H,5-6,10H2,(H,26,27). The second-order valence-electron chi connectivity index (χ2n) is 6.89. The third kappa shape index (κ3) is 5.94. The Kier molecular flexibility index (Phi) is 6.34. The molecule has 1 unspecified atom stereocenters. The molecule has 0 aliphatic carbocycles. The zero-order valence-corrected chi connectivity index (χ0v) is 17.2. The highest BCUT2D eigenvalue weighted by Gasteiger charge is 2.37. The SMILES string of the molecule is O=C(Nc1cc(C(F)(F)F)cc(C(F)(F)F)c1)c1ccccc1SC1CCS(=O)(=O)C1. The number of anilines is 1. The molecule has 31 heavy (non-hydrogen) atoms. The number of rotatable bonds is 4. The van der Waals surface area contributed by atoms with E-state index in [1.165, 1.54) is 18.2 Å². The van der Waals surface area contributed by atoms with Crippen LogP contribution in [0.5, 0.6) is 0 Å². The molecule has 1 atom stereocenters. The van der Waals surface area contributed by atoms with Crippen molar-refractivity contribution in [1.29, 1.82) is 0 Å². The first-order valence-corrected chi connectivity index (χ1v) is 11.5. The van der Waals surface area contributed by atoms with Crippen molar-refractivity contribution < 1.29 is 39.6 Å². The van der Waals surface area contributed by atoms with Crippen molar-refractivity contribution in [3.05, 3.63) is 59.2 Å². The van der Waals surface area contributed by atoms with Gasteiger partial charge in [0.15, 0.2) is 9.84 Å². The molecule has 0 spiro atoms. The number of carbonyl (C=O) groups excluding carboxylic acids is 1. The van der Waals surface area contributed by atoms with E-state index >= 15 is 0 Å². The van der Waals surface area contributed by atoms with Gasteiger partial charge in [0, 0.05) is 15.8 Å². The summed E-state index contributed by atoms with van der Waals surface area (Å²) in [5, 5.41) is 1.79. The van der Waals surface area contributed by atoms with E-state index in [1.54, 1.807) is 6.07 Å². The molecule has 0 saturated carbocycles. The van der Waals surface area contributed by atoms with Gasteiger partial charge in [-0.25, -0.2) is 8.42 Å². The molecular formula is C19H15F6NO3S2. The van der Waals surface area contributed by atoms with E-state index in [-0.39, 0.29) is 28.4 Å². The predicted molar refractivity (Wildman–Crippen MR) is 104 cm³/mol. The Morgan fingerprint density at radius 3 is 2.06 bits per heavy atom. The minimum Gasteiger partial charge on any atom is -0.322 e. The van der Waals surface area contributed by atoms with Crippen LogP contribution in [0.2, 0.25) is 0 Å². The number of benzene rings is 2. The summed E-state index contributed by atoms with van der Waals surface area (Å²) in [5.74, 6) is -0.962. The van der Waals surface area contributed by atoms with Crippen LogP contribution in [0.1, 0.15) is 27.9 Å². The molecule has 12 heteroatoms. The van der Waals surface area contributed by atoms with Crippen molar-refractivity contribution in [2.24, 2.45) is 0 Å². The molecule has 168 valence electrons. The molecule has 0 aromatic heterocycles. The Labute approximate surface area is 177 Å². The summed E-state index contributed by atoms with van der Waals surface area (Å²) in [4.78, 5) is 13.0. The van der Waals surface area contributed by atoms with Crippen LogP contribution in [-0.2, 0) is 22.2 Å². The van der Waals surface area contributed by atoms with Crippen LogP contribution in [-0.4, -0.2) is 31.1 Å². The van der Waals surface area contributed by atoms with Gasteiger partial charge in [0.25, 0.3) is 5.91 Å². The van der Waals surface area contributed by atoms with Crippen molar-refractivity contribution in [3.63, 3.8) is 0 Å². The molecule has 1 aliphatic heterocycles. The lowest BCUT2D eigenvalue weighted by molar-refractivity contribution is -0.143. The number of nitrogens with one attached hydrogen (secondary N) is 1. The van der Waals surface area contributed by atoms with Crippen molar-refractivity contribution >= 4 is 33.2 Å². The number of sulfone groups is 1. The van der Waals surface area contributed by atoms with Gasteiger partial charge in [-0.2, -0.15) is 26.3 Å². The quantitative estimate of drug-likeness (QED) is 0.603. The van der Waals surface area contributed by atoms with E-state index in [0.717, 1.165) is 11.8 Å². The van der Waals surface area contributed by atoms with Crippen LogP contribution in [0.3, 0.4) is 0 Å². The van der Waals surface area contributed by atoms with Crippen LogP contribution in [0.15, 0.2) is 47.4 Å². The van der Waals surface area contributed by atoms with Crippen molar-refractivity contribution in [2.45, 2.75) is 28.9 Å². The summed E-state index contributed by atoms with van der Waals surface area (Å²) < 4.78 is 101. The largest absolute Gasteiger partial charge is 0.416 e. The van der Waals surface area contributed by atoms with E-state index in [2.05, 4.69) is 5.32 Å². The highest BCUT2D eigenvalue weighted by molar-refractivity contribution is 8.02. The molecule has 1 saturated heterocycles. The summed E-state index contributed by atoms with van der Waals surface area (Å²) in [6.45, 7) is 0. The molecule has 1 N–H and O–H groups in total. The smallest absolute Gasteiger partial charge is 0.322 e. The molecule has 1 heterocycles. The topological polar surface area (TPSA) is 63.2 Å². The minimum atomic E-state index is -5.04. The van der Waals surface area contributed by atoms with Crippen molar-refractivity contribution in [2.75, 3.05) is 16.8 Å². The van der Waals surface area contributed by atoms with Gasteiger partial charge in [0.05, 0.1) is 28.2 Å². The number of hydrogen-bond acceptors (Lipinski definition) is 4. The molecule has 1 fully saturated rings. The monoisotopic (exact) mass is 483 g/mol. The molecular weight excluding hydrogens is 468 g/mol. The first-order chi connectivity index (χ1) is 14.2. The zero-order chi connectivity index (χ0) is 23.0. The fraction of sp³-hybridized carbons (Fsp3) is 0.316. The Hall–Kier alpha value is -2.21. The molecule has 0 bridgehead atoms. The number of carbonyl (C=O) groups is 1. The van der Waals surface area contributed by atoms with Gasteiger partial charge < -0.3 is 5.32 Å². The molecule has 4 nitrogen and oxygen atoms in total. The Bertz CT molecular complexity index is 1060. The van der Waals surface area contributed by atoms with Gasteiger partial charge in [-0.3, -0.25) is 4.79 Å². The third-order valence-corrected chi connectivity index (χ3v) is 7.79. The Morgan fingerprint density at radius 2 is 1.55 bits per heavy atom. The van der Waals surface area contributed by atoms with E-state index in [0.29, 0.717) is 23.4 Å². The minimum absolute atomic E-state index is 0.0165. The number of alkyl halides is 6. The zero-order valence-electron chi connectivity index (χ0n) is 15.5. The average Bonchev–Trinajstić information content (AvgIpc) is 2.99. The van der Waals surface area contributed by atoms with Crippen molar-refractivity contribution in [1.82, 2.24) is 0 Å². The molecule has 2 aromatic carbocycles. The summed E-state index contributed by atoms with van der Waals surface area (Å²) in [6.07, 6.45) is -9.70. The second kappa shape index (κ2) is 8.38. The number of hydrogen-bond donors (Lipinski definition) is 1. The van der Waals surface area contributed by atoms with E-state index in [1.807, 2.05) is 0 Å². The van der Waals surface area contributed by atoms with Gasteiger partial charge in [-0.05, 0) is 36.8 Å². The molecule has 1 aliphatic rings. The van der Waals surface area contributed by atoms with Gasteiger partial charge in [0.2, 0.25) is 0 Å². The van der Waals surface area contributed by atoms with Crippen LogP contribution in [0.25, 0.3) is 0 Å². The van der Waals surface area contributed by atoms with Gasteiger partial charge in [-0.15, -0.1) is 11.8 Å². The van der Waals surface area contributed by atoms with Crippen molar-refractivity contribution in [3.8, 4) is 0 Å². The fourth-order valence-electron chi connectivity index (χ4n) is 3.02. The molecule has 0 radical (unpaired) electrons. The van der Waals surface area contributed by atoms with Gasteiger partial charge >= 0.3 is 12.4 Å². The summed E-state index contributed by atoms with van der Waals surface area (Å²) in [6, 6.07) is 6.79. The van der Waals surface area contributed by atoms with Crippen LogP contribution in [0, 0.1) is 0 Å². The van der Waals surface area contributed by atoms with Crippen LogP contribution in [0.4, 0.5) is 32.0 Å². The van der Waals surface area contributed by atoms with E-state index in [9.17, 15) is 39.6 Å². The number of halogens is 6. The average molecular weight is 483 g/mol. The normalized spacial score (nSPS) is 18.7. The van der Waals surface area contributed by atoms with Gasteiger partial charge in [0.1, 0.15) is 0 Å². The predicted octanol–water partition coefficient (Wildman–Crippen LogP) is 5.26. The number of amides is 1. The van der Waals surface area contributed by atoms with Gasteiger partial charge in [-0.1, -0.05) is 12.1 Å².